The summed E-state index contributed by atoms with van der Waals surface area (Å²) < 4.78 is 26.5. The van der Waals surface area contributed by atoms with E-state index in [-0.39, 0.29) is 25.4 Å². The van der Waals surface area contributed by atoms with E-state index in [2.05, 4.69) is 4.74 Å². The molecule has 1 aliphatic heterocycles. The van der Waals surface area contributed by atoms with Crippen molar-refractivity contribution in [3.63, 3.8) is 0 Å². The first-order valence-electron chi connectivity index (χ1n) is 8.80. The highest BCUT2D eigenvalue weighted by Gasteiger charge is 2.18. The molecule has 1 aliphatic rings. The zero-order valence-corrected chi connectivity index (χ0v) is 16.5. The minimum absolute atomic E-state index is 0.137. The van der Waals surface area contributed by atoms with E-state index in [9.17, 15) is 9.59 Å². The summed E-state index contributed by atoms with van der Waals surface area (Å²) in [6, 6.07) is 8.64. The van der Waals surface area contributed by atoms with Gasteiger partial charge >= 0.3 is 11.6 Å². The number of esters is 1. The fourth-order valence-corrected chi connectivity index (χ4v) is 3.32. The average Bonchev–Trinajstić information content (AvgIpc) is 3.15. The van der Waals surface area contributed by atoms with Gasteiger partial charge in [-0.25, -0.2) is 4.79 Å². The van der Waals surface area contributed by atoms with E-state index < -0.39 is 11.6 Å². The molecular weight excluding hydrogens is 400 g/mol. The third-order valence-corrected chi connectivity index (χ3v) is 5.10. The molecule has 0 saturated heterocycles. The minimum atomic E-state index is -0.573. The van der Waals surface area contributed by atoms with Crippen LogP contribution in [0.5, 0.6) is 17.2 Å². The van der Waals surface area contributed by atoms with Crippen molar-refractivity contribution < 1.29 is 28.2 Å². The summed E-state index contributed by atoms with van der Waals surface area (Å²) in [5.74, 6) is 1.23. The molecule has 0 bridgehead atoms. The molecule has 8 heteroatoms. The molecule has 3 aromatic rings. The molecule has 1 aromatic heterocycles. The molecule has 150 valence electrons. The van der Waals surface area contributed by atoms with Gasteiger partial charge in [-0.05, 0) is 30.7 Å². The van der Waals surface area contributed by atoms with Gasteiger partial charge in [0.05, 0.1) is 24.1 Å². The van der Waals surface area contributed by atoms with Crippen molar-refractivity contribution in [3.05, 3.63) is 62.5 Å². The maximum atomic E-state index is 12.3. The Morgan fingerprint density at radius 3 is 2.69 bits per heavy atom. The molecule has 0 radical (unpaired) electrons. The fraction of sp³-hybridized carbons (Fsp3) is 0.238. The molecule has 0 fully saturated rings. The molecule has 4 rings (SSSR count). The van der Waals surface area contributed by atoms with Crippen molar-refractivity contribution in [1.29, 1.82) is 0 Å². The van der Waals surface area contributed by atoms with Crippen molar-refractivity contribution >= 4 is 28.5 Å². The lowest BCUT2D eigenvalue weighted by Gasteiger charge is -2.11. The van der Waals surface area contributed by atoms with Crippen LogP contribution >= 0.6 is 11.6 Å². The van der Waals surface area contributed by atoms with Crippen molar-refractivity contribution in [3.8, 4) is 17.2 Å². The van der Waals surface area contributed by atoms with E-state index in [1.165, 1.54) is 7.11 Å². The maximum absolute atomic E-state index is 12.3. The van der Waals surface area contributed by atoms with Gasteiger partial charge in [0.2, 0.25) is 6.79 Å². The third kappa shape index (κ3) is 3.73. The van der Waals surface area contributed by atoms with Crippen LogP contribution in [-0.4, -0.2) is 19.9 Å². The third-order valence-electron chi connectivity index (χ3n) is 4.74. The van der Waals surface area contributed by atoms with Crippen LogP contribution in [0.1, 0.15) is 16.7 Å². The number of aryl methyl sites for hydroxylation is 1. The predicted molar refractivity (Wildman–Crippen MR) is 105 cm³/mol. The number of hydrogen-bond donors (Lipinski definition) is 0. The second-order valence-corrected chi connectivity index (χ2v) is 6.90. The molecule has 0 amide bonds. The summed E-state index contributed by atoms with van der Waals surface area (Å²) in [6.45, 7) is 2.13. The van der Waals surface area contributed by atoms with Crippen molar-refractivity contribution in [1.82, 2.24) is 0 Å². The average molecular weight is 417 g/mol. The van der Waals surface area contributed by atoms with Crippen LogP contribution in [0.25, 0.3) is 11.0 Å². The molecular formula is C21H17ClO7. The fourth-order valence-electron chi connectivity index (χ4n) is 3.12. The zero-order valence-electron chi connectivity index (χ0n) is 15.7. The number of methoxy groups -OCH3 is 1. The maximum Gasteiger partial charge on any atom is 0.340 e. The van der Waals surface area contributed by atoms with E-state index >= 15 is 0 Å². The first kappa shape index (κ1) is 19.1. The smallest absolute Gasteiger partial charge is 0.340 e. The Kier molecular flexibility index (Phi) is 5.07. The SMILES string of the molecule is COC(=O)Cc1c(C)c2ccc(OCc3cc4c(cc3Cl)OCO4)cc2oc1=O. The number of carbonyl (C=O) groups is 1. The number of halogens is 1. The summed E-state index contributed by atoms with van der Waals surface area (Å²) in [7, 11) is 1.27. The standard InChI is InChI=1S/C21H17ClO7/c1-11-14-4-3-13(6-17(14)29-21(24)15(11)7-20(23)25-2)26-9-12-5-18-19(8-16(12)22)28-10-27-18/h3-6,8H,7,9-10H2,1-2H3. The Morgan fingerprint density at radius 1 is 1.17 bits per heavy atom. The molecule has 2 heterocycles. The summed E-state index contributed by atoms with van der Waals surface area (Å²) in [5, 5.41) is 1.22. The lowest BCUT2D eigenvalue weighted by Crippen LogP contribution is -2.16. The number of benzene rings is 2. The molecule has 0 atom stereocenters. The molecule has 0 saturated carbocycles. The largest absolute Gasteiger partial charge is 0.489 e. The molecule has 0 spiro atoms. The van der Waals surface area contributed by atoms with E-state index in [0.29, 0.717) is 33.4 Å². The van der Waals surface area contributed by atoms with Crippen LogP contribution in [0.15, 0.2) is 39.5 Å². The zero-order chi connectivity index (χ0) is 20.5. The van der Waals surface area contributed by atoms with Crippen molar-refractivity contribution in [2.75, 3.05) is 13.9 Å². The van der Waals surface area contributed by atoms with Gasteiger partial charge in [0, 0.05) is 23.1 Å². The van der Waals surface area contributed by atoms with Crippen molar-refractivity contribution in [2.24, 2.45) is 0 Å². The van der Waals surface area contributed by atoms with E-state index in [1.807, 2.05) is 0 Å². The first-order chi connectivity index (χ1) is 14.0. The molecule has 29 heavy (non-hydrogen) atoms. The van der Waals surface area contributed by atoms with E-state index in [0.717, 1.165) is 10.9 Å². The lowest BCUT2D eigenvalue weighted by molar-refractivity contribution is -0.139. The predicted octanol–water partition coefficient (Wildman–Crippen LogP) is 3.78. The quantitative estimate of drug-likeness (QED) is 0.462. The van der Waals surface area contributed by atoms with Crippen LogP contribution in [0, 0.1) is 6.92 Å². The van der Waals surface area contributed by atoms with E-state index in [1.54, 1.807) is 37.3 Å². The molecule has 2 aromatic carbocycles. The molecule has 0 N–H and O–H groups in total. The van der Waals surface area contributed by atoms with Crippen LogP contribution in [0.4, 0.5) is 0 Å². The molecule has 7 nitrogen and oxygen atoms in total. The van der Waals surface area contributed by atoms with Gasteiger partial charge < -0.3 is 23.4 Å². The van der Waals surface area contributed by atoms with Gasteiger partial charge in [0.15, 0.2) is 11.5 Å². The van der Waals surface area contributed by atoms with Crippen LogP contribution in [-0.2, 0) is 22.6 Å². The highest BCUT2D eigenvalue weighted by atomic mass is 35.5. The second-order valence-electron chi connectivity index (χ2n) is 6.49. The Balaban J connectivity index is 1.59. The van der Waals surface area contributed by atoms with Crippen LogP contribution in [0.3, 0.4) is 0 Å². The van der Waals surface area contributed by atoms with Crippen molar-refractivity contribution in [2.45, 2.75) is 20.0 Å². The number of fused-ring (bicyclic) bond motifs is 2. The summed E-state index contributed by atoms with van der Waals surface area (Å²) in [6.07, 6.45) is -0.137. The Morgan fingerprint density at radius 2 is 1.93 bits per heavy atom. The lowest BCUT2D eigenvalue weighted by atomic mass is 10.0. The van der Waals surface area contributed by atoms with Gasteiger partial charge in [-0.15, -0.1) is 0 Å². The number of rotatable bonds is 5. The van der Waals surface area contributed by atoms with Gasteiger partial charge in [-0.3, -0.25) is 4.79 Å². The van der Waals surface area contributed by atoms with Gasteiger partial charge in [-0.2, -0.15) is 0 Å². The topological polar surface area (TPSA) is 84.2 Å². The Bertz CT molecular complexity index is 1170. The monoisotopic (exact) mass is 416 g/mol. The Labute approximate surface area is 170 Å². The highest BCUT2D eigenvalue weighted by Crippen LogP contribution is 2.37. The molecule has 0 unspecified atom stereocenters. The number of hydrogen-bond acceptors (Lipinski definition) is 7. The second kappa shape index (κ2) is 7.67. The van der Waals surface area contributed by atoms with Crippen LogP contribution in [0.2, 0.25) is 5.02 Å². The summed E-state index contributed by atoms with van der Waals surface area (Å²) in [5.41, 5.74) is 1.49. The minimum Gasteiger partial charge on any atom is -0.489 e. The normalized spacial score (nSPS) is 12.2. The molecule has 0 aliphatic carbocycles. The Hall–Kier alpha value is -3.19. The van der Waals surface area contributed by atoms with Gasteiger partial charge in [0.25, 0.3) is 0 Å². The summed E-state index contributed by atoms with van der Waals surface area (Å²) >= 11 is 6.27. The number of ether oxygens (including phenoxy) is 4. The summed E-state index contributed by atoms with van der Waals surface area (Å²) in [4.78, 5) is 23.8. The highest BCUT2D eigenvalue weighted by molar-refractivity contribution is 6.31. The van der Waals surface area contributed by atoms with Crippen LogP contribution < -0.4 is 19.8 Å². The first-order valence-corrected chi connectivity index (χ1v) is 9.18. The van der Waals surface area contributed by atoms with Gasteiger partial charge in [-0.1, -0.05) is 11.6 Å². The number of carbonyl (C=O) groups excluding carboxylic acids is 1. The van der Waals surface area contributed by atoms with E-state index in [4.69, 9.17) is 30.2 Å². The van der Waals surface area contributed by atoms with Gasteiger partial charge in [0.1, 0.15) is 17.9 Å².